The lowest BCUT2D eigenvalue weighted by Crippen LogP contribution is -2.42. The fraction of sp³-hybridized carbons (Fsp3) is 0.321. The lowest BCUT2D eigenvalue weighted by Gasteiger charge is -2.25. The number of H-pyrrole nitrogens is 1. The molecule has 1 amide bonds. The minimum Gasteiger partial charge on any atom is -0.496 e. The predicted octanol–water partition coefficient (Wildman–Crippen LogP) is 4.63. The van der Waals surface area contributed by atoms with Crippen LogP contribution in [0.5, 0.6) is 5.75 Å². The third-order valence-electron chi connectivity index (χ3n) is 6.73. The molecule has 1 aliphatic rings. The van der Waals surface area contributed by atoms with E-state index in [9.17, 15) is 4.79 Å². The first-order valence-corrected chi connectivity index (χ1v) is 13.0. The Bertz CT molecular complexity index is 1320. The van der Waals surface area contributed by atoms with Crippen LogP contribution in [-0.4, -0.2) is 50.7 Å². The van der Waals surface area contributed by atoms with Gasteiger partial charge in [-0.1, -0.05) is 36.0 Å². The van der Waals surface area contributed by atoms with E-state index in [4.69, 9.17) is 9.72 Å². The first-order chi connectivity index (χ1) is 17.5. The molecule has 0 bridgehead atoms. The Hall–Kier alpha value is -3.36. The SMILES string of the molecule is COc1cc(C)c(CN2C[C@H](Sc3nc4ccccc4[nH]3)C[C@H]2C(=O)NCc2cccnc2)cc1C. The van der Waals surface area contributed by atoms with Gasteiger partial charge in [-0.25, -0.2) is 4.98 Å². The van der Waals surface area contributed by atoms with Crippen molar-refractivity contribution < 1.29 is 9.53 Å². The Morgan fingerprint density at radius 3 is 2.83 bits per heavy atom. The Labute approximate surface area is 215 Å². The molecular weight excluding hydrogens is 470 g/mol. The van der Waals surface area contributed by atoms with Crippen molar-refractivity contribution in [3.8, 4) is 5.75 Å². The highest BCUT2D eigenvalue weighted by atomic mass is 32.2. The second-order valence-corrected chi connectivity index (χ2v) is 10.6. The van der Waals surface area contributed by atoms with Crippen LogP contribution in [0.25, 0.3) is 11.0 Å². The molecule has 0 unspecified atom stereocenters. The number of imidazole rings is 1. The number of nitrogens with one attached hydrogen (secondary N) is 2. The third-order valence-corrected chi connectivity index (χ3v) is 7.82. The number of likely N-dealkylation sites (tertiary alicyclic amines) is 1. The van der Waals surface area contributed by atoms with Crippen LogP contribution in [0.15, 0.2) is 66.1 Å². The smallest absolute Gasteiger partial charge is 0.237 e. The fourth-order valence-corrected chi connectivity index (χ4v) is 5.99. The minimum atomic E-state index is -0.217. The van der Waals surface area contributed by atoms with Crippen molar-refractivity contribution in [1.82, 2.24) is 25.2 Å². The van der Waals surface area contributed by atoms with E-state index in [1.54, 1.807) is 31.3 Å². The zero-order chi connectivity index (χ0) is 25.1. The van der Waals surface area contributed by atoms with E-state index in [1.165, 1.54) is 11.1 Å². The van der Waals surface area contributed by atoms with E-state index in [0.29, 0.717) is 13.1 Å². The maximum atomic E-state index is 13.4. The average Bonchev–Trinajstić information content (AvgIpc) is 3.48. The number of aromatic nitrogens is 3. The fourth-order valence-electron chi connectivity index (χ4n) is 4.81. The van der Waals surface area contributed by atoms with Gasteiger partial charge in [-0.05, 0) is 66.8 Å². The molecule has 1 fully saturated rings. The van der Waals surface area contributed by atoms with Crippen LogP contribution in [0.4, 0.5) is 0 Å². The highest BCUT2D eigenvalue weighted by molar-refractivity contribution is 7.99. The maximum absolute atomic E-state index is 13.4. The molecule has 36 heavy (non-hydrogen) atoms. The van der Waals surface area contributed by atoms with Gasteiger partial charge in [-0.3, -0.25) is 14.7 Å². The van der Waals surface area contributed by atoms with Crippen LogP contribution < -0.4 is 10.1 Å². The largest absolute Gasteiger partial charge is 0.496 e. The maximum Gasteiger partial charge on any atom is 0.237 e. The molecule has 2 N–H and O–H groups in total. The van der Waals surface area contributed by atoms with E-state index in [0.717, 1.165) is 46.0 Å². The first kappa shape index (κ1) is 24.3. The summed E-state index contributed by atoms with van der Waals surface area (Å²) in [7, 11) is 1.70. The van der Waals surface area contributed by atoms with Crippen LogP contribution in [0, 0.1) is 13.8 Å². The van der Waals surface area contributed by atoms with Crippen LogP contribution in [-0.2, 0) is 17.9 Å². The number of ether oxygens (including phenoxy) is 1. The molecule has 2 aromatic carbocycles. The van der Waals surface area contributed by atoms with Gasteiger partial charge in [-0.2, -0.15) is 0 Å². The molecule has 0 aliphatic carbocycles. The normalized spacial score (nSPS) is 18.0. The second-order valence-electron chi connectivity index (χ2n) is 9.31. The standard InChI is InChI=1S/C28H31N5O2S/c1-18-12-26(35-3)19(2)11-21(18)16-33-17-22(36-28-31-23-8-4-5-9-24(23)32-28)13-25(33)27(34)30-15-20-7-6-10-29-14-20/h4-12,14,22,25H,13,15-17H2,1-3H3,(H,30,34)(H,31,32)/t22-,25+/m1/s1. The number of para-hydroxylation sites is 2. The van der Waals surface area contributed by atoms with Gasteiger partial charge >= 0.3 is 0 Å². The summed E-state index contributed by atoms with van der Waals surface area (Å²) >= 11 is 1.72. The van der Waals surface area contributed by atoms with Crippen molar-refractivity contribution in [1.29, 1.82) is 0 Å². The Morgan fingerprint density at radius 1 is 1.19 bits per heavy atom. The van der Waals surface area contributed by atoms with Crippen molar-refractivity contribution >= 4 is 28.7 Å². The highest BCUT2D eigenvalue weighted by Gasteiger charge is 2.37. The molecule has 2 aromatic heterocycles. The van der Waals surface area contributed by atoms with Gasteiger partial charge < -0.3 is 15.0 Å². The number of carbonyl (C=O) groups excluding carboxylic acids is 1. The predicted molar refractivity (Wildman–Crippen MR) is 143 cm³/mol. The first-order valence-electron chi connectivity index (χ1n) is 12.2. The molecular formula is C28H31N5O2S. The molecule has 4 aromatic rings. The zero-order valence-electron chi connectivity index (χ0n) is 20.8. The molecule has 2 atom stereocenters. The Morgan fingerprint density at radius 2 is 2.06 bits per heavy atom. The molecule has 1 saturated heterocycles. The van der Waals surface area contributed by atoms with Gasteiger partial charge in [0.2, 0.25) is 5.91 Å². The molecule has 0 saturated carbocycles. The summed E-state index contributed by atoms with van der Waals surface area (Å²) in [5.74, 6) is 0.941. The number of benzene rings is 2. The monoisotopic (exact) mass is 501 g/mol. The summed E-state index contributed by atoms with van der Waals surface area (Å²) in [4.78, 5) is 28.0. The molecule has 8 heteroatoms. The highest BCUT2D eigenvalue weighted by Crippen LogP contribution is 2.34. The number of thioether (sulfide) groups is 1. The van der Waals surface area contributed by atoms with Crippen molar-refractivity contribution in [3.05, 3.63) is 83.2 Å². The van der Waals surface area contributed by atoms with Gasteiger partial charge in [0.15, 0.2) is 5.16 Å². The number of fused-ring (bicyclic) bond motifs is 1. The number of nitrogens with zero attached hydrogens (tertiary/aromatic N) is 3. The summed E-state index contributed by atoms with van der Waals surface area (Å²) in [6, 6.07) is 16.0. The topological polar surface area (TPSA) is 83.1 Å². The summed E-state index contributed by atoms with van der Waals surface area (Å²) in [6.45, 7) is 6.14. The molecule has 1 aliphatic heterocycles. The van der Waals surface area contributed by atoms with Crippen molar-refractivity contribution in [2.75, 3.05) is 13.7 Å². The summed E-state index contributed by atoms with van der Waals surface area (Å²) in [5, 5.41) is 4.28. The summed E-state index contributed by atoms with van der Waals surface area (Å²) < 4.78 is 5.50. The molecule has 0 radical (unpaired) electrons. The third kappa shape index (κ3) is 5.39. The number of hydrogen-bond donors (Lipinski definition) is 2. The van der Waals surface area contributed by atoms with Crippen molar-refractivity contribution in [2.45, 2.75) is 49.8 Å². The van der Waals surface area contributed by atoms with Crippen LogP contribution >= 0.6 is 11.8 Å². The number of carbonyl (C=O) groups is 1. The Kier molecular flexibility index (Phi) is 7.25. The number of pyridine rings is 1. The minimum absolute atomic E-state index is 0.0504. The van der Waals surface area contributed by atoms with Gasteiger partial charge in [0.25, 0.3) is 0 Å². The number of aromatic amines is 1. The van der Waals surface area contributed by atoms with Crippen molar-refractivity contribution in [3.63, 3.8) is 0 Å². The number of aryl methyl sites for hydroxylation is 2. The van der Waals surface area contributed by atoms with Gasteiger partial charge in [-0.15, -0.1) is 0 Å². The molecule has 0 spiro atoms. The van der Waals surface area contributed by atoms with Crippen molar-refractivity contribution in [2.24, 2.45) is 0 Å². The molecule has 5 rings (SSSR count). The molecule has 3 heterocycles. The number of hydrogen-bond acceptors (Lipinski definition) is 6. The van der Waals surface area contributed by atoms with Gasteiger partial charge in [0.05, 0.1) is 24.2 Å². The average molecular weight is 502 g/mol. The van der Waals surface area contributed by atoms with Crippen LogP contribution in [0.1, 0.15) is 28.7 Å². The van der Waals surface area contributed by atoms with Gasteiger partial charge in [0.1, 0.15) is 5.75 Å². The molecule has 7 nitrogen and oxygen atoms in total. The molecule has 186 valence electrons. The zero-order valence-corrected chi connectivity index (χ0v) is 21.6. The van der Waals surface area contributed by atoms with E-state index >= 15 is 0 Å². The lowest BCUT2D eigenvalue weighted by molar-refractivity contribution is -0.125. The van der Waals surface area contributed by atoms with E-state index < -0.39 is 0 Å². The summed E-state index contributed by atoms with van der Waals surface area (Å²) in [6.07, 6.45) is 4.29. The van der Waals surface area contributed by atoms with E-state index in [-0.39, 0.29) is 17.2 Å². The van der Waals surface area contributed by atoms with E-state index in [2.05, 4.69) is 46.2 Å². The summed E-state index contributed by atoms with van der Waals surface area (Å²) in [5.41, 5.74) is 6.47. The lowest BCUT2D eigenvalue weighted by atomic mass is 10.0. The van der Waals surface area contributed by atoms with Crippen LogP contribution in [0.3, 0.4) is 0 Å². The number of amides is 1. The Balaban J connectivity index is 1.34. The quantitative estimate of drug-likeness (QED) is 0.366. The van der Waals surface area contributed by atoms with Crippen LogP contribution in [0.2, 0.25) is 0 Å². The number of rotatable bonds is 8. The van der Waals surface area contributed by atoms with E-state index in [1.807, 2.05) is 36.4 Å². The second kappa shape index (κ2) is 10.7. The van der Waals surface area contributed by atoms with Gasteiger partial charge in [0, 0.05) is 37.3 Å². The number of methoxy groups -OCH3 is 1.